The minimum absolute atomic E-state index is 0.0321. The maximum Gasteiger partial charge on any atom is 0.255 e. The first kappa shape index (κ1) is 13.9. The van der Waals surface area contributed by atoms with Crippen LogP contribution in [0.5, 0.6) is 0 Å². The highest BCUT2D eigenvalue weighted by molar-refractivity contribution is 9.10. The van der Waals surface area contributed by atoms with Crippen molar-refractivity contribution < 1.29 is 9.53 Å². The Balaban J connectivity index is 2.16. The van der Waals surface area contributed by atoms with E-state index >= 15 is 0 Å². The van der Waals surface area contributed by atoms with E-state index < -0.39 is 0 Å². The molecule has 0 spiro atoms. The maximum atomic E-state index is 12.4. The number of hydrogen-bond acceptors (Lipinski definition) is 3. The topological polar surface area (TPSA) is 29.5 Å². The molecule has 0 saturated carbocycles. The highest BCUT2D eigenvalue weighted by Gasteiger charge is 2.24. The Morgan fingerprint density at radius 2 is 2.11 bits per heavy atom. The van der Waals surface area contributed by atoms with Gasteiger partial charge in [-0.1, -0.05) is 0 Å². The molecule has 5 heteroatoms. The van der Waals surface area contributed by atoms with Crippen LogP contribution in [0.3, 0.4) is 0 Å². The molecule has 0 N–H and O–H groups in total. The minimum Gasteiger partial charge on any atom is -0.381 e. The van der Waals surface area contributed by atoms with E-state index in [0.717, 1.165) is 35.4 Å². The van der Waals surface area contributed by atoms with Crippen LogP contribution >= 0.6 is 28.6 Å². The van der Waals surface area contributed by atoms with Gasteiger partial charge in [-0.25, -0.2) is 0 Å². The van der Waals surface area contributed by atoms with Gasteiger partial charge in [0.1, 0.15) is 0 Å². The van der Waals surface area contributed by atoms with Gasteiger partial charge in [0.25, 0.3) is 5.91 Å². The van der Waals surface area contributed by atoms with Crippen molar-refractivity contribution in [2.24, 2.45) is 0 Å². The number of thiol groups is 1. The lowest BCUT2D eigenvalue weighted by atomic mass is 10.1. The molecule has 1 heterocycles. The van der Waals surface area contributed by atoms with Crippen molar-refractivity contribution in [1.82, 2.24) is 4.90 Å². The highest BCUT2D eigenvalue weighted by Crippen LogP contribution is 2.23. The van der Waals surface area contributed by atoms with Crippen LogP contribution in [0.25, 0.3) is 0 Å². The number of benzene rings is 1. The van der Waals surface area contributed by atoms with Crippen molar-refractivity contribution >= 4 is 34.5 Å². The Bertz CT molecular complexity index is 447. The Morgan fingerprint density at radius 3 is 2.78 bits per heavy atom. The van der Waals surface area contributed by atoms with Crippen LogP contribution in [0.15, 0.2) is 27.6 Å². The van der Waals surface area contributed by atoms with Crippen LogP contribution in [0.4, 0.5) is 0 Å². The molecule has 2 rings (SSSR count). The third-order valence-electron chi connectivity index (χ3n) is 3.24. The number of nitrogens with zero attached hydrogens (tertiary/aromatic N) is 1. The van der Waals surface area contributed by atoms with Gasteiger partial charge in [0.05, 0.1) is 5.56 Å². The molecular formula is C13H16BrNO2S. The van der Waals surface area contributed by atoms with Crippen LogP contribution in [0, 0.1) is 0 Å². The van der Waals surface area contributed by atoms with Gasteiger partial charge in [0.15, 0.2) is 0 Å². The van der Waals surface area contributed by atoms with Gasteiger partial charge in [-0.15, -0.1) is 12.6 Å². The predicted octanol–water partition coefficient (Wildman–Crippen LogP) is 2.99. The monoisotopic (exact) mass is 329 g/mol. The quantitative estimate of drug-likeness (QED) is 0.845. The first-order chi connectivity index (χ1) is 8.59. The average Bonchev–Trinajstić information content (AvgIpc) is 2.41. The van der Waals surface area contributed by atoms with Crippen molar-refractivity contribution in [1.29, 1.82) is 0 Å². The zero-order valence-corrected chi connectivity index (χ0v) is 12.7. The normalized spacial score (nSPS) is 16.6. The van der Waals surface area contributed by atoms with E-state index in [-0.39, 0.29) is 11.9 Å². The largest absolute Gasteiger partial charge is 0.381 e. The zero-order valence-electron chi connectivity index (χ0n) is 10.2. The van der Waals surface area contributed by atoms with Gasteiger partial charge < -0.3 is 9.64 Å². The summed E-state index contributed by atoms with van der Waals surface area (Å²) < 4.78 is 6.13. The number of hydrogen-bond donors (Lipinski definition) is 1. The lowest BCUT2D eigenvalue weighted by Crippen LogP contribution is -2.40. The molecule has 98 valence electrons. The van der Waals surface area contributed by atoms with Gasteiger partial charge >= 0.3 is 0 Å². The fraction of sp³-hybridized carbons (Fsp3) is 0.462. The first-order valence-corrected chi connectivity index (χ1v) is 7.17. The molecule has 1 fully saturated rings. The number of halogens is 1. The van der Waals surface area contributed by atoms with Crippen molar-refractivity contribution in [3.63, 3.8) is 0 Å². The standard InChI is InChI=1S/C13H16BrNO2S/c1-15(9-4-6-17-7-5-9)13(16)11-8-10(18)2-3-12(11)14/h2-3,8-9,18H,4-7H2,1H3. The smallest absolute Gasteiger partial charge is 0.255 e. The van der Waals surface area contributed by atoms with Crippen molar-refractivity contribution in [3.05, 3.63) is 28.2 Å². The second-order valence-corrected chi connectivity index (χ2v) is 5.79. The first-order valence-electron chi connectivity index (χ1n) is 5.93. The molecule has 1 aromatic carbocycles. The molecule has 0 unspecified atom stereocenters. The molecular weight excluding hydrogens is 314 g/mol. The van der Waals surface area contributed by atoms with Gasteiger partial charge in [-0.2, -0.15) is 0 Å². The lowest BCUT2D eigenvalue weighted by molar-refractivity contribution is 0.0361. The zero-order chi connectivity index (χ0) is 13.1. The van der Waals surface area contributed by atoms with E-state index in [4.69, 9.17) is 4.74 Å². The number of ether oxygens (including phenoxy) is 1. The summed E-state index contributed by atoms with van der Waals surface area (Å²) in [7, 11) is 1.86. The third-order valence-corrected chi connectivity index (χ3v) is 4.21. The van der Waals surface area contributed by atoms with Crippen LogP contribution in [-0.2, 0) is 4.74 Å². The number of amides is 1. The average molecular weight is 330 g/mol. The molecule has 0 bridgehead atoms. The molecule has 3 nitrogen and oxygen atoms in total. The number of carbonyl (C=O) groups is 1. The summed E-state index contributed by atoms with van der Waals surface area (Å²) in [6.07, 6.45) is 1.81. The molecule has 1 saturated heterocycles. The fourth-order valence-corrected chi connectivity index (χ4v) is 2.73. The van der Waals surface area contributed by atoms with E-state index in [1.165, 1.54) is 0 Å². The molecule has 1 aliphatic heterocycles. The molecule has 1 aliphatic rings. The minimum atomic E-state index is 0.0321. The highest BCUT2D eigenvalue weighted by atomic mass is 79.9. The van der Waals surface area contributed by atoms with Crippen molar-refractivity contribution in [2.75, 3.05) is 20.3 Å². The maximum absolute atomic E-state index is 12.4. The van der Waals surface area contributed by atoms with Gasteiger partial charge in [0, 0.05) is 35.7 Å². The van der Waals surface area contributed by atoms with Gasteiger partial charge in [0.2, 0.25) is 0 Å². The summed E-state index contributed by atoms with van der Waals surface area (Å²) in [5.41, 5.74) is 0.663. The molecule has 0 radical (unpaired) electrons. The molecule has 0 aromatic heterocycles. The predicted molar refractivity (Wildman–Crippen MR) is 77.3 cm³/mol. The second-order valence-electron chi connectivity index (χ2n) is 4.42. The summed E-state index contributed by atoms with van der Waals surface area (Å²) >= 11 is 7.70. The van der Waals surface area contributed by atoms with Crippen LogP contribution in [-0.4, -0.2) is 37.1 Å². The fourth-order valence-electron chi connectivity index (χ4n) is 2.11. The molecule has 0 atom stereocenters. The summed E-state index contributed by atoms with van der Waals surface area (Å²) in [4.78, 5) is 15.0. The summed E-state index contributed by atoms with van der Waals surface area (Å²) in [6, 6.07) is 5.78. The third kappa shape index (κ3) is 3.08. The Labute approximate surface area is 121 Å². The SMILES string of the molecule is CN(C(=O)c1cc(S)ccc1Br)C1CCOCC1. The summed E-state index contributed by atoms with van der Waals surface area (Å²) in [5.74, 6) is 0.0321. The molecule has 18 heavy (non-hydrogen) atoms. The van der Waals surface area contributed by atoms with Crippen LogP contribution in [0.2, 0.25) is 0 Å². The molecule has 1 aromatic rings. The van der Waals surface area contributed by atoms with Crippen LogP contribution < -0.4 is 0 Å². The van der Waals surface area contributed by atoms with Crippen molar-refractivity contribution in [2.45, 2.75) is 23.8 Å². The van der Waals surface area contributed by atoms with E-state index in [1.807, 2.05) is 24.1 Å². The Kier molecular flexibility index (Phi) is 4.70. The Hall–Kier alpha value is -0.520. The molecule has 1 amide bonds. The summed E-state index contributed by atoms with van der Waals surface area (Å²) in [5, 5.41) is 0. The van der Waals surface area contributed by atoms with E-state index in [2.05, 4.69) is 28.6 Å². The summed E-state index contributed by atoms with van der Waals surface area (Å²) in [6.45, 7) is 1.46. The van der Waals surface area contributed by atoms with Crippen LogP contribution in [0.1, 0.15) is 23.2 Å². The number of rotatable bonds is 2. The van der Waals surface area contributed by atoms with Crippen molar-refractivity contribution in [3.8, 4) is 0 Å². The van der Waals surface area contributed by atoms with E-state index in [0.29, 0.717) is 5.56 Å². The number of carbonyl (C=O) groups excluding carboxylic acids is 1. The Morgan fingerprint density at radius 1 is 1.44 bits per heavy atom. The van der Waals surface area contributed by atoms with E-state index in [1.54, 1.807) is 6.07 Å². The van der Waals surface area contributed by atoms with E-state index in [9.17, 15) is 4.79 Å². The van der Waals surface area contributed by atoms with Gasteiger partial charge in [-0.05, 0) is 47.0 Å². The second kappa shape index (κ2) is 6.08. The lowest BCUT2D eigenvalue weighted by Gasteiger charge is -2.31. The molecule has 0 aliphatic carbocycles. The van der Waals surface area contributed by atoms with Gasteiger partial charge in [-0.3, -0.25) is 4.79 Å².